The van der Waals surface area contributed by atoms with Gasteiger partial charge in [0.2, 0.25) is 65.0 Å². The lowest BCUT2D eigenvalue weighted by atomic mass is 9.84. The lowest BCUT2D eigenvalue weighted by Gasteiger charge is -2.32. The first-order valence-electron chi connectivity index (χ1n) is 25.7. The van der Waals surface area contributed by atoms with E-state index in [1.54, 1.807) is 91.0 Å². The molecule has 2 heterocycles. The van der Waals surface area contributed by atoms with E-state index in [0.29, 0.717) is 23.1 Å². The highest BCUT2D eigenvalue weighted by Gasteiger charge is 2.41. The van der Waals surface area contributed by atoms with Gasteiger partial charge in [0.05, 0.1) is 19.0 Å². The van der Waals surface area contributed by atoms with E-state index in [1.165, 1.54) is 4.90 Å². The maximum atomic E-state index is 15.0. The summed E-state index contributed by atoms with van der Waals surface area (Å²) in [5, 5.41) is 18.2. The third-order valence-electron chi connectivity index (χ3n) is 12.9. The van der Waals surface area contributed by atoms with E-state index < -0.39 is 145 Å². The van der Waals surface area contributed by atoms with Crippen LogP contribution in [0.5, 0.6) is 0 Å². The number of benzene rings is 3. The Morgan fingerprint density at radius 2 is 1.24 bits per heavy atom. The Labute approximate surface area is 469 Å². The van der Waals surface area contributed by atoms with Crippen LogP contribution in [0.1, 0.15) is 67.6 Å². The molecule has 3 aromatic carbocycles. The SMILES string of the molecule is NC(=O)CC[C@@H]1NC(=O)[C@H](Cc2ccccc2)NC(=O)[C@@H](C(c2ccccc2)c2ccccc2)NC(=O)[C@@H](N)CSSC[C@@H](C(=O)N2CCC[C@H]2C(=O)N[C@H](CCCN=C(N)N)C(=O)NCC(N)=O)NC(=O)[C@H](CC(N)=O)NC1=O. The molecule has 8 atom stereocenters. The highest BCUT2D eigenvalue weighted by molar-refractivity contribution is 8.76. The maximum Gasteiger partial charge on any atom is 0.246 e. The molecule has 5 rings (SSSR count). The van der Waals surface area contributed by atoms with Crippen LogP contribution in [0.3, 0.4) is 0 Å². The minimum atomic E-state index is -1.80. The average molecular weight is 1140 g/mol. The third-order valence-corrected chi connectivity index (χ3v) is 15.3. The van der Waals surface area contributed by atoms with E-state index in [1.807, 2.05) is 0 Å². The Hall–Kier alpha value is -8.24. The normalized spacial score (nSPS) is 21.9. The van der Waals surface area contributed by atoms with Crippen LogP contribution in [0.25, 0.3) is 0 Å². The number of primary amides is 3. The van der Waals surface area contributed by atoms with Crippen LogP contribution in [0.15, 0.2) is 96.0 Å². The van der Waals surface area contributed by atoms with Gasteiger partial charge in [0.15, 0.2) is 5.96 Å². The van der Waals surface area contributed by atoms with Crippen LogP contribution in [0, 0.1) is 0 Å². The van der Waals surface area contributed by atoms with Gasteiger partial charge in [0, 0.05) is 43.4 Å². The van der Waals surface area contributed by atoms with Crippen molar-refractivity contribution < 1.29 is 52.7 Å². The fraction of sp³-hybridized carbons (Fsp3) is 0.423. The molecular formula is C52H69N15O11S2. The van der Waals surface area contributed by atoms with Gasteiger partial charge >= 0.3 is 0 Å². The number of carbonyl (C=O) groups is 11. The molecule has 3 aromatic rings. The Bertz CT molecular complexity index is 2670. The van der Waals surface area contributed by atoms with Gasteiger partial charge in [-0.1, -0.05) is 113 Å². The molecule has 2 fully saturated rings. The van der Waals surface area contributed by atoms with Crippen molar-refractivity contribution in [2.75, 3.05) is 31.1 Å². The monoisotopic (exact) mass is 1140 g/mol. The number of rotatable bonds is 20. The Morgan fingerprint density at radius 3 is 1.84 bits per heavy atom. The third kappa shape index (κ3) is 19.6. The van der Waals surface area contributed by atoms with Gasteiger partial charge in [-0.3, -0.25) is 57.7 Å². The Balaban J connectivity index is 1.53. The fourth-order valence-electron chi connectivity index (χ4n) is 8.89. The van der Waals surface area contributed by atoms with Gasteiger partial charge < -0.3 is 76.5 Å². The predicted molar refractivity (Wildman–Crippen MR) is 298 cm³/mol. The van der Waals surface area contributed by atoms with Gasteiger partial charge in [0.1, 0.15) is 42.3 Å². The first-order valence-corrected chi connectivity index (χ1v) is 28.2. The van der Waals surface area contributed by atoms with Crippen LogP contribution >= 0.6 is 21.6 Å². The van der Waals surface area contributed by atoms with Gasteiger partial charge in [-0.2, -0.15) is 0 Å². The van der Waals surface area contributed by atoms with Crippen LogP contribution < -0.4 is 71.6 Å². The zero-order valence-corrected chi connectivity index (χ0v) is 45.3. The number of aliphatic imine (C=N–C) groups is 1. The van der Waals surface area contributed by atoms with Crippen LogP contribution in [0.4, 0.5) is 0 Å². The topological polar surface area (TPSA) is 444 Å². The molecule has 430 valence electrons. The van der Waals surface area contributed by atoms with Crippen molar-refractivity contribution in [1.82, 2.24) is 42.1 Å². The zero-order valence-electron chi connectivity index (χ0n) is 43.7. The molecule has 19 N–H and O–H groups in total. The highest BCUT2D eigenvalue weighted by Crippen LogP contribution is 2.30. The number of likely N-dealkylation sites (tertiary alicyclic amines) is 1. The molecule has 11 amide bonds. The van der Waals surface area contributed by atoms with Gasteiger partial charge in [-0.25, -0.2) is 0 Å². The second kappa shape index (κ2) is 31.4. The summed E-state index contributed by atoms with van der Waals surface area (Å²) in [6, 6.07) is 14.7. The molecule has 0 unspecified atom stereocenters. The number of nitrogens with one attached hydrogen (secondary N) is 7. The smallest absolute Gasteiger partial charge is 0.246 e. The quantitative estimate of drug-likeness (QED) is 0.0226. The van der Waals surface area contributed by atoms with Crippen molar-refractivity contribution in [3.05, 3.63) is 108 Å². The minimum absolute atomic E-state index is 0.00326. The lowest BCUT2D eigenvalue weighted by Crippen LogP contribution is -2.61. The number of hydrogen-bond acceptors (Lipinski definition) is 15. The molecule has 0 aromatic heterocycles. The Kier molecular flexibility index (Phi) is 24.6. The molecule has 0 spiro atoms. The zero-order chi connectivity index (χ0) is 58.3. The summed E-state index contributed by atoms with van der Waals surface area (Å²) in [7, 11) is 2.04. The standard InChI is InChI=1S/C52H69N15O11S2/c53-32-27-79-80-28-37(51(78)67-23-11-19-38(67)49(76)62-33(18-10-22-59-52(57)58)45(72)60-26-41(56)70)65-48(75)36(25-40(55)69)63-46(73)34(20-21-39(54)68)61-47(74)35(24-29-12-4-1-5-13-29)64-50(77)43(66-44(32)71)42(30-14-6-2-7-15-30)31-16-8-3-9-17-31/h1-9,12-17,32-38,42-43H,10-11,18-28,53H2,(H2,54,68)(H2,55,69)(H2,56,70)(H,60,72)(H,61,74)(H,62,76)(H,63,73)(H,64,77)(H,65,75)(H,66,71)(H4,57,58,59)/t32-,33+,34-,35-,36-,37-,38-,43+/m0/s1. The minimum Gasteiger partial charge on any atom is -0.370 e. The van der Waals surface area contributed by atoms with E-state index in [-0.39, 0.29) is 56.2 Å². The Morgan fingerprint density at radius 1 is 0.662 bits per heavy atom. The molecule has 2 saturated heterocycles. The summed E-state index contributed by atoms with van der Waals surface area (Å²) in [4.78, 5) is 156. The van der Waals surface area contributed by atoms with Gasteiger partial charge in [-0.05, 0) is 48.8 Å². The summed E-state index contributed by atoms with van der Waals surface area (Å²) in [5.74, 6) is -11.2. The number of hydrogen-bond donors (Lipinski definition) is 13. The average Bonchev–Trinajstić information content (AvgIpc) is 3.95. The van der Waals surface area contributed by atoms with E-state index >= 15 is 4.79 Å². The molecule has 2 aliphatic rings. The predicted octanol–water partition coefficient (Wildman–Crippen LogP) is -3.52. The van der Waals surface area contributed by atoms with E-state index in [2.05, 4.69) is 42.2 Å². The molecular weight excluding hydrogens is 1070 g/mol. The molecule has 0 aliphatic carbocycles. The molecule has 0 radical (unpaired) electrons. The van der Waals surface area contributed by atoms with Gasteiger partial charge in [0.25, 0.3) is 0 Å². The number of nitrogens with two attached hydrogens (primary N) is 6. The molecule has 0 bridgehead atoms. The number of carbonyl (C=O) groups excluding carboxylic acids is 11. The van der Waals surface area contributed by atoms with Crippen molar-refractivity contribution >= 4 is 92.5 Å². The van der Waals surface area contributed by atoms with Crippen LogP contribution in [0.2, 0.25) is 0 Å². The molecule has 28 heteroatoms. The maximum absolute atomic E-state index is 15.0. The molecule has 26 nitrogen and oxygen atoms in total. The summed E-state index contributed by atoms with van der Waals surface area (Å²) in [5.41, 5.74) is 35.5. The highest BCUT2D eigenvalue weighted by atomic mass is 33.1. The first kappa shape index (κ1) is 62.6. The molecule has 0 saturated carbocycles. The van der Waals surface area contributed by atoms with Crippen LogP contribution in [-0.4, -0.2) is 155 Å². The second-order valence-electron chi connectivity index (χ2n) is 19.0. The summed E-state index contributed by atoms with van der Waals surface area (Å²) in [6.45, 7) is -0.436. The largest absolute Gasteiger partial charge is 0.370 e. The molecule has 80 heavy (non-hydrogen) atoms. The van der Waals surface area contributed by atoms with Crippen molar-refractivity contribution in [2.24, 2.45) is 39.4 Å². The fourth-order valence-corrected chi connectivity index (χ4v) is 11.2. The summed E-state index contributed by atoms with van der Waals surface area (Å²) in [6.07, 6.45) is -1.22. The van der Waals surface area contributed by atoms with E-state index in [4.69, 9.17) is 34.4 Å². The number of nitrogens with zero attached hydrogens (tertiary/aromatic N) is 2. The van der Waals surface area contributed by atoms with Crippen molar-refractivity contribution in [1.29, 1.82) is 0 Å². The van der Waals surface area contributed by atoms with Gasteiger partial charge in [-0.15, -0.1) is 0 Å². The summed E-state index contributed by atoms with van der Waals surface area (Å²) < 4.78 is 0. The van der Waals surface area contributed by atoms with E-state index in [9.17, 15) is 47.9 Å². The number of amides is 11. The van der Waals surface area contributed by atoms with Crippen molar-refractivity contribution in [3.63, 3.8) is 0 Å². The second-order valence-corrected chi connectivity index (χ2v) is 21.5. The lowest BCUT2D eigenvalue weighted by molar-refractivity contribution is -0.142. The van der Waals surface area contributed by atoms with Crippen molar-refractivity contribution in [3.8, 4) is 0 Å². The first-order chi connectivity index (χ1) is 38.2. The summed E-state index contributed by atoms with van der Waals surface area (Å²) >= 11 is 0. The molecule has 2 aliphatic heterocycles. The number of guanidine groups is 1. The van der Waals surface area contributed by atoms with Crippen LogP contribution in [-0.2, 0) is 59.2 Å². The van der Waals surface area contributed by atoms with E-state index in [0.717, 1.165) is 21.6 Å². The van der Waals surface area contributed by atoms with Crippen molar-refractivity contribution in [2.45, 2.75) is 106 Å².